The van der Waals surface area contributed by atoms with Crippen molar-refractivity contribution >= 4 is 17.9 Å². The topological polar surface area (TPSA) is 287 Å². The molecule has 0 spiro atoms. The Morgan fingerprint density at radius 1 is 1.12 bits per heavy atom. The Kier molecular flexibility index (Phi) is 14.8. The van der Waals surface area contributed by atoms with Crippen LogP contribution in [0, 0.1) is 11.8 Å². The zero-order chi connectivity index (χ0) is 38.0. The minimum atomic E-state index is -3.13. The summed E-state index contributed by atoms with van der Waals surface area (Å²) in [5.41, 5.74) is 6.38. The van der Waals surface area contributed by atoms with Crippen LogP contribution in [0.25, 0.3) is 0 Å². The zero-order valence-electron chi connectivity index (χ0n) is 28.7. The molecule has 0 aromatic rings. The summed E-state index contributed by atoms with van der Waals surface area (Å²) < 4.78 is 22.9. The molecule has 1 saturated carbocycles. The first-order chi connectivity index (χ1) is 24.9. The maximum atomic E-state index is 13.7. The Balaban J connectivity index is 1.73. The predicted octanol–water partition coefficient (Wildman–Crippen LogP) is -1.97. The van der Waals surface area contributed by atoms with Gasteiger partial charge in [0.15, 0.2) is 18.4 Å². The Bertz CT molecular complexity index is 1420. The number of carboxylic acids is 1. The number of hydrogen-bond donors (Lipinski definition) is 10. The molecule has 0 amide bonds. The van der Waals surface area contributed by atoms with Crippen LogP contribution in [-0.2, 0) is 28.5 Å². The molecule has 2 fully saturated rings. The monoisotopic (exact) mass is 738 g/mol. The molecule has 0 radical (unpaired) electrons. The number of aliphatic imine (C=N–C) groups is 1. The first-order valence-corrected chi connectivity index (χ1v) is 17.2. The normalized spacial score (nSPS) is 30.0. The van der Waals surface area contributed by atoms with Crippen LogP contribution in [0.2, 0.25) is 0 Å². The van der Waals surface area contributed by atoms with Crippen molar-refractivity contribution < 1.29 is 69.4 Å². The second kappa shape index (κ2) is 18.8. The molecule has 52 heavy (non-hydrogen) atoms. The lowest BCUT2D eigenvalue weighted by Crippen LogP contribution is -2.68. The summed E-state index contributed by atoms with van der Waals surface area (Å²) >= 11 is 0. The van der Waals surface area contributed by atoms with Gasteiger partial charge in [-0.05, 0) is 32.1 Å². The number of carbonyl (C=O) groups excluding carboxylic acids is 1. The van der Waals surface area contributed by atoms with E-state index in [0.717, 1.165) is 25.5 Å². The van der Waals surface area contributed by atoms with E-state index < -0.39 is 67.1 Å². The van der Waals surface area contributed by atoms with E-state index in [1.165, 1.54) is 12.2 Å². The minimum absolute atomic E-state index is 0.0460. The average molecular weight is 739 g/mol. The number of carbonyl (C=O) groups is 2. The van der Waals surface area contributed by atoms with Crippen LogP contribution >= 0.6 is 0 Å². The van der Waals surface area contributed by atoms with Crippen LogP contribution in [-0.4, -0.2) is 146 Å². The summed E-state index contributed by atoms with van der Waals surface area (Å²) in [5, 5.41) is 83.0. The fourth-order valence-electron chi connectivity index (χ4n) is 6.37. The van der Waals surface area contributed by atoms with Crippen molar-refractivity contribution in [2.24, 2.45) is 22.6 Å². The van der Waals surface area contributed by atoms with Crippen molar-refractivity contribution in [1.29, 1.82) is 0 Å². The lowest BCUT2D eigenvalue weighted by atomic mass is 9.83. The summed E-state index contributed by atoms with van der Waals surface area (Å²) in [5.74, 6) is -7.10. The molecule has 18 nitrogen and oxygen atoms in total. The van der Waals surface area contributed by atoms with Crippen LogP contribution in [0.4, 0.5) is 0 Å². The van der Waals surface area contributed by atoms with Gasteiger partial charge in [-0.3, -0.25) is 4.99 Å². The molecule has 290 valence electrons. The first-order valence-electron chi connectivity index (χ1n) is 17.2. The Hall–Kier alpha value is -3.85. The smallest absolute Gasteiger partial charge is 0.338 e. The second-order valence-corrected chi connectivity index (χ2v) is 12.9. The number of ether oxygens (including phenoxy) is 4. The maximum Gasteiger partial charge on any atom is 0.338 e. The van der Waals surface area contributed by atoms with Crippen molar-refractivity contribution in [2.75, 3.05) is 39.5 Å². The summed E-state index contributed by atoms with van der Waals surface area (Å²) in [6.45, 7) is 2.79. The largest absolute Gasteiger partial charge is 0.478 e. The number of guanidine groups is 1. The molecule has 4 aliphatic rings. The molecule has 18 heteroatoms. The van der Waals surface area contributed by atoms with Gasteiger partial charge in [-0.1, -0.05) is 24.6 Å². The van der Waals surface area contributed by atoms with Gasteiger partial charge in [0.1, 0.15) is 18.3 Å². The number of aliphatic carboxylic acids is 1. The van der Waals surface area contributed by atoms with Gasteiger partial charge in [-0.25, -0.2) is 9.59 Å². The van der Waals surface area contributed by atoms with E-state index >= 15 is 0 Å². The van der Waals surface area contributed by atoms with E-state index in [2.05, 4.69) is 16.9 Å². The number of aliphatic hydroxyl groups excluding tert-OH is 5. The fraction of sp³-hybridized carbons (Fsp3) is 0.618. The van der Waals surface area contributed by atoms with Crippen LogP contribution in [0.3, 0.4) is 0 Å². The molecule has 0 aromatic heterocycles. The van der Waals surface area contributed by atoms with E-state index in [1.54, 1.807) is 17.2 Å². The third-order valence-electron chi connectivity index (χ3n) is 9.24. The van der Waals surface area contributed by atoms with Crippen molar-refractivity contribution in [3.05, 3.63) is 59.7 Å². The van der Waals surface area contributed by atoms with Crippen molar-refractivity contribution in [3.63, 3.8) is 0 Å². The van der Waals surface area contributed by atoms with E-state index in [4.69, 9.17) is 29.8 Å². The number of allylic oxidation sites excluding steroid dienone is 2. The molecule has 4 rings (SSSR count). The van der Waals surface area contributed by atoms with Crippen LogP contribution in [0.1, 0.15) is 38.5 Å². The van der Waals surface area contributed by atoms with Gasteiger partial charge in [0.25, 0.3) is 0 Å². The number of carboxylic acid groups (broad SMARTS) is 1. The van der Waals surface area contributed by atoms with E-state index in [0.29, 0.717) is 19.3 Å². The molecular formula is C34H50N4O14. The van der Waals surface area contributed by atoms with Crippen molar-refractivity contribution in [3.8, 4) is 0 Å². The lowest BCUT2D eigenvalue weighted by molar-refractivity contribution is -0.404. The second-order valence-electron chi connectivity index (χ2n) is 12.9. The van der Waals surface area contributed by atoms with Gasteiger partial charge in [-0.15, -0.1) is 6.58 Å². The Morgan fingerprint density at radius 3 is 2.48 bits per heavy atom. The maximum absolute atomic E-state index is 13.7. The highest BCUT2D eigenvalue weighted by Gasteiger charge is 2.56. The van der Waals surface area contributed by atoms with Gasteiger partial charge < -0.3 is 75.8 Å². The van der Waals surface area contributed by atoms with Gasteiger partial charge in [-0.2, -0.15) is 0 Å². The number of esters is 1. The number of aliphatic hydroxyl groups is 7. The molecule has 0 bridgehead atoms. The minimum Gasteiger partial charge on any atom is -0.478 e. The molecule has 1 saturated heterocycles. The van der Waals surface area contributed by atoms with Crippen LogP contribution in [0.5, 0.6) is 0 Å². The van der Waals surface area contributed by atoms with E-state index in [1.807, 2.05) is 0 Å². The highest BCUT2D eigenvalue weighted by atomic mass is 16.8. The molecule has 0 aromatic carbocycles. The van der Waals surface area contributed by atoms with E-state index in [-0.39, 0.29) is 67.3 Å². The third kappa shape index (κ3) is 9.77. The lowest BCUT2D eigenvalue weighted by Gasteiger charge is -2.46. The molecule has 3 aliphatic heterocycles. The number of nitrogens with zero attached hydrogens (tertiary/aromatic N) is 2. The summed E-state index contributed by atoms with van der Waals surface area (Å²) in [7, 11) is 0. The number of nitrogens with one attached hydrogen (secondary N) is 1. The first kappa shape index (κ1) is 40.9. The van der Waals surface area contributed by atoms with Crippen LogP contribution in [0.15, 0.2) is 64.7 Å². The van der Waals surface area contributed by atoms with Gasteiger partial charge in [0.2, 0.25) is 12.1 Å². The Labute approximate surface area is 300 Å². The van der Waals surface area contributed by atoms with Crippen molar-refractivity contribution in [2.45, 2.75) is 81.3 Å². The summed E-state index contributed by atoms with van der Waals surface area (Å²) in [6.07, 6.45) is 2.28. The van der Waals surface area contributed by atoms with Crippen LogP contribution < -0.4 is 11.1 Å². The third-order valence-corrected chi connectivity index (χ3v) is 9.24. The standard InChI is InChI=1S/C34H50N4O14/c1-2-21-22(10-9-19-15-38(12-14-40)16-23(29(44)45)26(19)37-33(35)36-11-6-13-39)24(30(46)50-20-7-4-3-5-8-20)18-49-31(21)52-32-28(43)34(47,48)27(42)25(17-41)51-32/h2,9-10,15,18,20-22,25,27-28,31-32,39-43,47-48H,1,3-8,11-14,16-17H2,(H,44,45)(H3,35,36,37). The van der Waals surface area contributed by atoms with Gasteiger partial charge in [0, 0.05) is 37.4 Å². The molecule has 3 heterocycles. The van der Waals surface area contributed by atoms with Gasteiger partial charge >= 0.3 is 11.9 Å². The zero-order valence-corrected chi connectivity index (χ0v) is 28.7. The molecular weight excluding hydrogens is 688 g/mol. The highest BCUT2D eigenvalue weighted by Crippen LogP contribution is 2.38. The number of β-amino-alcohol motifs (C(OH)–C–C–N with tert-alkyl or cyclic N) is 1. The quantitative estimate of drug-likeness (QED) is 0.0218. The number of rotatable bonds is 15. The van der Waals surface area contributed by atoms with Crippen molar-refractivity contribution in [1.82, 2.24) is 10.2 Å². The fourth-order valence-corrected chi connectivity index (χ4v) is 6.37. The highest BCUT2D eigenvalue weighted by molar-refractivity contribution is 5.92. The summed E-state index contributed by atoms with van der Waals surface area (Å²) in [6, 6.07) is 0. The molecule has 1 aliphatic carbocycles. The predicted molar refractivity (Wildman–Crippen MR) is 181 cm³/mol. The number of hydrogen-bond acceptors (Lipinski definition) is 15. The number of nitrogens with two attached hydrogens (primary N) is 1. The average Bonchev–Trinajstić information content (AvgIpc) is 3.12. The summed E-state index contributed by atoms with van der Waals surface area (Å²) in [4.78, 5) is 31.8. The molecule has 11 N–H and O–H groups in total. The Morgan fingerprint density at radius 2 is 1.85 bits per heavy atom. The SMILES string of the molecule is C=CC1C(OC2OC(CO)C(O)C(O)(O)C2O)OC=C(C(=O)OC2CCCCC2)C1C=CC1=CN(CCO)CC(C(=O)O)=C1NC(N)=NCCCO. The molecule has 7 unspecified atom stereocenters. The van der Waals surface area contributed by atoms with E-state index in [9.17, 15) is 45.3 Å². The molecule has 7 atom stereocenters. The van der Waals surface area contributed by atoms with Gasteiger partial charge in [0.05, 0.1) is 48.8 Å².